The summed E-state index contributed by atoms with van der Waals surface area (Å²) in [4.78, 5) is 14.3. The number of rotatable bonds is 5. The van der Waals surface area contributed by atoms with Gasteiger partial charge >= 0.3 is 6.18 Å². The van der Waals surface area contributed by atoms with Gasteiger partial charge in [0.2, 0.25) is 5.91 Å². The number of nitrogens with zero attached hydrogens (tertiary/aromatic N) is 2. The van der Waals surface area contributed by atoms with Crippen LogP contribution in [0.15, 0.2) is 47.6 Å². The van der Waals surface area contributed by atoms with Crippen molar-refractivity contribution in [1.29, 1.82) is 0 Å². The Labute approximate surface area is 185 Å². The lowest BCUT2D eigenvalue weighted by Gasteiger charge is -2.40. The van der Waals surface area contributed by atoms with Crippen molar-refractivity contribution in [2.75, 3.05) is 19.1 Å². The molecule has 1 heterocycles. The summed E-state index contributed by atoms with van der Waals surface area (Å²) in [6, 6.07) is 8.55. The number of amides is 1. The number of hydrogen-bond donors (Lipinski definition) is 1. The Bertz CT molecular complexity index is 1090. The van der Waals surface area contributed by atoms with Crippen LogP contribution < -0.4 is 15.1 Å². The van der Waals surface area contributed by atoms with Gasteiger partial charge in [-0.3, -0.25) is 4.79 Å². The number of allylic oxidation sites excluding steroid dienone is 1. The quantitative estimate of drug-likeness (QED) is 0.518. The van der Waals surface area contributed by atoms with Crippen molar-refractivity contribution < 1.29 is 22.7 Å². The molecule has 1 N–H and O–H groups in total. The highest BCUT2D eigenvalue weighted by Crippen LogP contribution is 2.40. The third-order valence-electron chi connectivity index (χ3n) is 5.58. The van der Waals surface area contributed by atoms with Gasteiger partial charge in [-0.1, -0.05) is 24.3 Å². The topological polar surface area (TPSA) is 53.9 Å². The molecule has 0 unspecified atom stereocenters. The molecule has 2 aromatic rings. The minimum Gasteiger partial charge on any atom is -0.496 e. The lowest BCUT2D eigenvalue weighted by molar-refractivity contribution is -0.137. The van der Waals surface area contributed by atoms with E-state index in [1.165, 1.54) is 18.3 Å². The van der Waals surface area contributed by atoms with E-state index in [1.54, 1.807) is 7.11 Å². The second-order valence-corrected chi connectivity index (χ2v) is 8.32. The van der Waals surface area contributed by atoms with E-state index in [0.29, 0.717) is 11.3 Å². The first-order chi connectivity index (χ1) is 14.9. The summed E-state index contributed by atoms with van der Waals surface area (Å²) >= 11 is 0. The van der Waals surface area contributed by atoms with E-state index < -0.39 is 17.6 Å². The number of fused-ring (bicyclic) bond motifs is 1. The van der Waals surface area contributed by atoms with Crippen LogP contribution in [0.25, 0.3) is 5.57 Å². The molecule has 0 aliphatic carbocycles. The van der Waals surface area contributed by atoms with Crippen LogP contribution in [-0.4, -0.2) is 31.8 Å². The first kappa shape index (κ1) is 23.4. The lowest BCUT2D eigenvalue weighted by atomic mass is 9.88. The number of carbonyl (C=O) groups excluding carboxylic acids is 1. The summed E-state index contributed by atoms with van der Waals surface area (Å²) in [5.41, 5.74) is 5.54. The van der Waals surface area contributed by atoms with Gasteiger partial charge in [0.1, 0.15) is 5.75 Å². The number of carbonyl (C=O) groups is 1. The number of alkyl halides is 3. The van der Waals surface area contributed by atoms with Crippen LogP contribution in [0.4, 0.5) is 18.9 Å². The van der Waals surface area contributed by atoms with Crippen molar-refractivity contribution in [3.8, 4) is 5.75 Å². The molecule has 170 valence electrons. The predicted octanol–water partition coefficient (Wildman–Crippen LogP) is 5.04. The van der Waals surface area contributed by atoms with Crippen molar-refractivity contribution >= 4 is 23.4 Å². The molecule has 2 aromatic carbocycles. The number of benzene rings is 2. The highest BCUT2D eigenvalue weighted by molar-refractivity contribution is 5.91. The molecule has 3 rings (SSSR count). The van der Waals surface area contributed by atoms with Gasteiger partial charge in [-0.25, -0.2) is 5.43 Å². The molecular formula is C24H26F3N3O2. The molecule has 5 nitrogen and oxygen atoms in total. The Morgan fingerprint density at radius 3 is 2.62 bits per heavy atom. The van der Waals surface area contributed by atoms with Crippen LogP contribution in [0.5, 0.6) is 5.75 Å². The zero-order valence-corrected chi connectivity index (χ0v) is 18.7. The van der Waals surface area contributed by atoms with Crippen molar-refractivity contribution in [2.45, 2.75) is 38.9 Å². The Kier molecular flexibility index (Phi) is 6.34. The Hall–Kier alpha value is -3.29. The fourth-order valence-electron chi connectivity index (χ4n) is 3.73. The van der Waals surface area contributed by atoms with Gasteiger partial charge in [-0.15, -0.1) is 0 Å². The van der Waals surface area contributed by atoms with Crippen LogP contribution >= 0.6 is 0 Å². The molecule has 0 spiro atoms. The monoisotopic (exact) mass is 445 g/mol. The maximum Gasteiger partial charge on any atom is 0.416 e. The van der Waals surface area contributed by atoms with Gasteiger partial charge in [0.15, 0.2) is 0 Å². The summed E-state index contributed by atoms with van der Waals surface area (Å²) in [6.07, 6.45) is -1.02. The highest BCUT2D eigenvalue weighted by atomic mass is 19.4. The van der Waals surface area contributed by atoms with E-state index in [4.69, 9.17) is 4.74 Å². The summed E-state index contributed by atoms with van der Waals surface area (Å²) in [6.45, 7) is 6.29. The van der Waals surface area contributed by atoms with E-state index in [0.717, 1.165) is 29.0 Å². The largest absolute Gasteiger partial charge is 0.496 e. The fraction of sp³-hybridized carbons (Fsp3) is 0.333. The van der Waals surface area contributed by atoms with Crippen molar-refractivity contribution in [3.63, 3.8) is 0 Å². The van der Waals surface area contributed by atoms with Crippen LogP contribution in [0.1, 0.15) is 43.0 Å². The van der Waals surface area contributed by atoms with Crippen molar-refractivity contribution in [3.05, 3.63) is 64.7 Å². The second kappa shape index (κ2) is 8.68. The van der Waals surface area contributed by atoms with Gasteiger partial charge in [0, 0.05) is 29.9 Å². The van der Waals surface area contributed by atoms with E-state index in [9.17, 15) is 18.0 Å². The summed E-state index contributed by atoms with van der Waals surface area (Å²) in [5.74, 6) is 0.0760. The second-order valence-electron chi connectivity index (χ2n) is 8.32. The zero-order valence-electron chi connectivity index (χ0n) is 18.7. The fourth-order valence-corrected chi connectivity index (χ4v) is 3.73. The Morgan fingerprint density at radius 2 is 1.97 bits per heavy atom. The Morgan fingerprint density at radius 1 is 1.25 bits per heavy atom. The van der Waals surface area contributed by atoms with Crippen LogP contribution in [0.2, 0.25) is 0 Å². The molecular weight excluding hydrogens is 419 g/mol. The normalized spacial score (nSPS) is 15.4. The summed E-state index contributed by atoms with van der Waals surface area (Å²) in [7, 11) is 3.57. The van der Waals surface area contributed by atoms with E-state index >= 15 is 0 Å². The number of ether oxygens (including phenoxy) is 1. The maximum absolute atomic E-state index is 12.8. The molecule has 0 saturated heterocycles. The Balaban J connectivity index is 1.76. The van der Waals surface area contributed by atoms with Gasteiger partial charge < -0.3 is 9.64 Å². The van der Waals surface area contributed by atoms with Gasteiger partial charge in [-0.2, -0.15) is 18.3 Å². The lowest BCUT2D eigenvalue weighted by Crippen LogP contribution is -2.42. The smallest absolute Gasteiger partial charge is 0.416 e. The van der Waals surface area contributed by atoms with E-state index in [-0.39, 0.29) is 17.5 Å². The van der Waals surface area contributed by atoms with Crippen LogP contribution in [0.3, 0.4) is 0 Å². The third kappa shape index (κ3) is 4.95. The standard InChI is InChI=1S/C24H26F3N3O2/c1-15-13-23(2,3)30(4)20-12-21(32-5)17(11-19(15)20)14-28-29-22(31)10-16-7-6-8-18(9-16)24(25,26)27/h6-9,11-14H,10H2,1-5H3,(H,29,31)/b28-14+. The van der Waals surface area contributed by atoms with Gasteiger partial charge in [0.25, 0.3) is 0 Å². The van der Waals surface area contributed by atoms with Crippen LogP contribution in [0, 0.1) is 0 Å². The molecule has 0 fully saturated rings. The molecule has 1 amide bonds. The number of anilines is 1. The molecule has 0 radical (unpaired) electrons. The van der Waals surface area contributed by atoms with E-state index in [2.05, 4.69) is 35.4 Å². The zero-order chi connectivity index (χ0) is 23.7. The third-order valence-corrected chi connectivity index (χ3v) is 5.58. The first-order valence-corrected chi connectivity index (χ1v) is 10.1. The minimum absolute atomic E-state index is 0.144. The van der Waals surface area contributed by atoms with E-state index in [1.807, 2.05) is 26.1 Å². The first-order valence-electron chi connectivity index (χ1n) is 10.1. The molecule has 8 heteroatoms. The van der Waals surface area contributed by atoms with Gasteiger partial charge in [0.05, 0.1) is 30.8 Å². The summed E-state index contributed by atoms with van der Waals surface area (Å²) < 4.78 is 44.0. The molecule has 1 aliphatic rings. The maximum atomic E-state index is 12.8. The summed E-state index contributed by atoms with van der Waals surface area (Å²) in [5, 5.41) is 3.98. The number of halogens is 3. The average Bonchev–Trinajstić information content (AvgIpc) is 2.71. The number of hydrazone groups is 1. The van der Waals surface area contributed by atoms with Crippen molar-refractivity contribution in [2.24, 2.45) is 5.10 Å². The minimum atomic E-state index is -4.45. The van der Waals surface area contributed by atoms with Gasteiger partial charge in [-0.05, 0) is 44.0 Å². The molecule has 0 bridgehead atoms. The molecule has 0 atom stereocenters. The average molecular weight is 445 g/mol. The molecule has 1 aliphatic heterocycles. The molecule has 32 heavy (non-hydrogen) atoms. The molecule has 0 saturated carbocycles. The number of hydrogen-bond acceptors (Lipinski definition) is 4. The SMILES string of the molecule is COc1cc2c(cc1/C=N/NC(=O)Cc1cccc(C(F)(F)F)c1)C(C)=CC(C)(C)N2C. The number of methoxy groups -OCH3 is 1. The van der Waals surface area contributed by atoms with Crippen LogP contribution in [-0.2, 0) is 17.4 Å². The molecule has 0 aromatic heterocycles. The van der Waals surface area contributed by atoms with Crippen molar-refractivity contribution in [1.82, 2.24) is 5.43 Å². The number of likely N-dealkylation sites (N-methyl/N-ethyl adjacent to an activating group) is 1. The highest BCUT2D eigenvalue weighted by Gasteiger charge is 2.31. The predicted molar refractivity (Wildman–Crippen MR) is 120 cm³/mol. The number of nitrogens with one attached hydrogen (secondary N) is 1.